The number of rotatable bonds is 0. The Morgan fingerprint density at radius 3 is 3.20 bits per heavy atom. The van der Waals surface area contributed by atoms with Crippen LogP contribution in [0.1, 0.15) is 0 Å². The third kappa shape index (κ3) is 0.212. The molecule has 0 unspecified atom stereocenters. The molecule has 0 saturated heterocycles. The highest BCUT2D eigenvalue weighted by atomic mass is 15.5. The van der Waals surface area contributed by atoms with Crippen molar-refractivity contribution in [3.05, 3.63) is 6.33 Å². The Morgan fingerprint density at radius 1 is 2.00 bits per heavy atom. The Bertz CT molecular complexity index is 111. The fourth-order valence-electron chi connectivity index (χ4n) is 0.115. The molecule has 1 aromatic heterocycles. The van der Waals surface area contributed by atoms with Crippen molar-refractivity contribution >= 4 is 0 Å². The van der Waals surface area contributed by atoms with Gasteiger partial charge >= 0.3 is 0 Å². The van der Waals surface area contributed by atoms with Crippen molar-refractivity contribution in [2.75, 3.05) is 0 Å². The number of H-pyrrole nitrogens is 1. The number of aromatic amines is 1. The van der Waals surface area contributed by atoms with E-state index in [0.29, 0.717) is 0 Å². The summed E-state index contributed by atoms with van der Waals surface area (Å²) in [5.74, 6) is 0. The predicted octanol–water partition coefficient (Wildman–Crippen LogP) is -0.800. The normalized spacial score (nSPS) is 10.8. The molecule has 0 atom stereocenters. The maximum Gasteiger partial charge on any atom is 0.193 e. The molecule has 0 aliphatic carbocycles. The van der Waals surface area contributed by atoms with Crippen molar-refractivity contribution < 1.29 is 1.41 Å². The molecule has 5 heavy (non-hydrogen) atoms. The van der Waals surface area contributed by atoms with E-state index in [0.717, 1.165) is 5.09 Å². The van der Waals surface area contributed by atoms with Crippen molar-refractivity contribution in [1.82, 2.24) is 20.6 Å². The standard InChI is InChI=1S/CH2N4/c1-2-4-5-3-1/h1H,(H,2,3,4,5)/i/hD. The lowest BCUT2D eigenvalue weighted by Gasteiger charge is -1.42. The number of nitrogens with zero attached hydrogens (tertiary/aromatic N) is 3. The number of hydrogen-bond donors (Lipinski definition) is 1. The van der Waals surface area contributed by atoms with E-state index >= 15 is 0 Å². The minimum absolute atomic E-state index is 0.778. The van der Waals surface area contributed by atoms with Gasteiger partial charge in [-0.2, -0.15) is 0 Å². The molecule has 4 heteroatoms. The van der Waals surface area contributed by atoms with Gasteiger partial charge in [-0.1, -0.05) is 0 Å². The van der Waals surface area contributed by atoms with Gasteiger partial charge in [-0.25, -0.2) is 5.09 Å². The summed E-state index contributed by atoms with van der Waals surface area (Å²) >= 11 is 0. The molecule has 4 nitrogen and oxygen atoms in total. The molecule has 1 heterocycles. The molecule has 0 fully saturated rings. The van der Waals surface area contributed by atoms with E-state index in [2.05, 4.69) is 15.5 Å². The van der Waals surface area contributed by atoms with Crippen LogP contribution in [0.2, 0.25) is 1.41 Å². The van der Waals surface area contributed by atoms with Crippen LogP contribution in [0.3, 0.4) is 0 Å². The lowest BCUT2D eigenvalue weighted by molar-refractivity contribution is 0.881. The monoisotopic (exact) mass is 71.0 g/mol. The maximum absolute atomic E-state index is 6.56. The molecule has 0 amide bonds. The second-order valence-corrected chi connectivity index (χ2v) is 0.525. The van der Waals surface area contributed by atoms with Gasteiger partial charge in [0.05, 0.1) is 0 Å². The first kappa shape index (κ1) is 1.49. The molecule has 1 rings (SSSR count). The topological polar surface area (TPSA) is 54.5 Å². The molecule has 26 valence electrons. The zero-order valence-corrected chi connectivity index (χ0v) is 2.37. The number of nitrogens with one attached hydrogen (secondary N) is 1. The fraction of sp³-hybridized carbons (Fsp3) is 0. The molecule has 0 bridgehead atoms. The highest BCUT2D eigenvalue weighted by Crippen LogP contribution is 1.43. The minimum Gasteiger partial charge on any atom is -0.246 e. The van der Waals surface area contributed by atoms with Gasteiger partial charge < -0.3 is 0 Å². The summed E-state index contributed by atoms with van der Waals surface area (Å²) in [6, 6.07) is 0. The summed E-state index contributed by atoms with van der Waals surface area (Å²) in [5.41, 5.74) is 0. The van der Waals surface area contributed by atoms with Gasteiger partial charge in [0.1, 0.15) is 6.33 Å². The summed E-state index contributed by atoms with van der Waals surface area (Å²) in [6.45, 7) is 0. The van der Waals surface area contributed by atoms with E-state index in [-0.39, 0.29) is 0 Å². The molecule has 0 aliphatic rings. The second-order valence-electron chi connectivity index (χ2n) is 0.525. The van der Waals surface area contributed by atoms with Crippen molar-refractivity contribution in [2.45, 2.75) is 0 Å². The van der Waals surface area contributed by atoms with Crippen LogP contribution in [0, 0.1) is 0 Å². The van der Waals surface area contributed by atoms with Crippen molar-refractivity contribution in [3.63, 3.8) is 0 Å². The van der Waals surface area contributed by atoms with Crippen LogP contribution in [0.4, 0.5) is 0 Å². The minimum atomic E-state index is 0.778. The van der Waals surface area contributed by atoms with E-state index in [1.165, 1.54) is 6.33 Å². The first-order valence-corrected chi connectivity index (χ1v) is 1.12. The van der Waals surface area contributed by atoms with E-state index in [9.17, 15) is 0 Å². The van der Waals surface area contributed by atoms with Crippen molar-refractivity contribution in [1.29, 1.82) is 0 Å². The zero-order valence-electron chi connectivity index (χ0n) is 3.37. The largest absolute Gasteiger partial charge is 0.246 e. The van der Waals surface area contributed by atoms with Gasteiger partial charge in [-0.05, 0) is 10.4 Å². The zero-order chi connectivity index (χ0) is 4.41. The molecule has 0 aliphatic heterocycles. The van der Waals surface area contributed by atoms with E-state index < -0.39 is 0 Å². The highest BCUT2D eigenvalue weighted by molar-refractivity contribution is 4.24. The van der Waals surface area contributed by atoms with Crippen LogP contribution >= 0.6 is 0 Å². The number of hydrogen-bond acceptors (Lipinski definition) is 3. The highest BCUT2D eigenvalue weighted by Gasteiger charge is 1.58. The molecule has 0 saturated carbocycles. The lowest BCUT2D eigenvalue weighted by Crippen LogP contribution is -1.64. The Kier molecular flexibility index (Phi) is 0.237. The Morgan fingerprint density at radius 2 is 3.00 bits per heavy atom. The molecule has 0 spiro atoms. The summed E-state index contributed by atoms with van der Waals surface area (Å²) < 4.78 is 6.56. The molecule has 1 N–H and O–H groups in total. The smallest absolute Gasteiger partial charge is 0.193 e. The van der Waals surface area contributed by atoms with E-state index in [1.807, 2.05) is 0 Å². The summed E-state index contributed by atoms with van der Waals surface area (Å²) in [4.78, 5) is 0. The molecule has 0 aromatic carbocycles. The second kappa shape index (κ2) is 0.794. The Balaban J connectivity index is 3.05. The summed E-state index contributed by atoms with van der Waals surface area (Å²) in [5, 5.41) is 10.2. The van der Waals surface area contributed by atoms with Gasteiger partial charge in [-0.3, -0.25) is 0 Å². The Hall–Kier alpha value is -0.930. The number of tetrazole rings is 1. The predicted molar refractivity (Wildman–Crippen MR) is 14.2 cm³/mol. The third-order valence-electron chi connectivity index (χ3n) is 0.247. The lowest BCUT2D eigenvalue weighted by atomic mass is 11.4. The van der Waals surface area contributed by atoms with Gasteiger partial charge in [0, 0.05) is 0 Å². The quantitative estimate of drug-likeness (QED) is 0.435. The van der Waals surface area contributed by atoms with Crippen LogP contribution in [-0.4, -0.2) is 20.6 Å². The molecular weight excluding hydrogens is 68.0 g/mol. The molecule has 1 aromatic rings. The van der Waals surface area contributed by atoms with Gasteiger partial charge in [0.2, 0.25) is 0 Å². The van der Waals surface area contributed by atoms with Gasteiger partial charge in [0.15, 0.2) is 1.41 Å². The van der Waals surface area contributed by atoms with Gasteiger partial charge in [0.25, 0.3) is 0 Å². The van der Waals surface area contributed by atoms with Crippen LogP contribution in [0.25, 0.3) is 0 Å². The molecular formula is CH2N4. The Labute approximate surface area is 29.7 Å². The molecule has 0 radical (unpaired) electrons. The number of aromatic nitrogens is 4. The van der Waals surface area contributed by atoms with E-state index in [1.54, 1.807) is 0 Å². The third-order valence-corrected chi connectivity index (χ3v) is 0.247. The van der Waals surface area contributed by atoms with E-state index in [4.69, 9.17) is 1.41 Å². The summed E-state index contributed by atoms with van der Waals surface area (Å²) in [6.07, 6.45) is 1.19. The average molecular weight is 71.1 g/mol. The van der Waals surface area contributed by atoms with Crippen LogP contribution in [0.5, 0.6) is 0 Å². The SMILES string of the molecule is [2H]n1cnnn1. The van der Waals surface area contributed by atoms with Gasteiger partial charge in [-0.15, -0.1) is 5.10 Å². The maximum atomic E-state index is 6.56. The van der Waals surface area contributed by atoms with Crippen molar-refractivity contribution in [2.24, 2.45) is 0 Å². The van der Waals surface area contributed by atoms with Crippen molar-refractivity contribution in [3.8, 4) is 0 Å². The average Bonchev–Trinajstić information content (AvgIpc) is 1.86. The van der Waals surface area contributed by atoms with Crippen LogP contribution < -0.4 is 0 Å². The van der Waals surface area contributed by atoms with Crippen LogP contribution in [0.15, 0.2) is 6.33 Å². The fourth-order valence-corrected chi connectivity index (χ4v) is 0.115. The first-order chi connectivity index (χ1) is 2.89. The van der Waals surface area contributed by atoms with Crippen LogP contribution in [-0.2, 0) is 0 Å². The first-order valence-electron chi connectivity index (χ1n) is 1.56. The summed E-state index contributed by atoms with van der Waals surface area (Å²) in [7, 11) is 0.